The minimum atomic E-state index is -0.332. The molecule has 0 aliphatic carbocycles. The summed E-state index contributed by atoms with van der Waals surface area (Å²) in [7, 11) is 3.22. The molecule has 1 amide bonds. The lowest BCUT2D eigenvalue weighted by Crippen LogP contribution is -2.13. The van der Waals surface area contributed by atoms with Gasteiger partial charge in [0.2, 0.25) is 5.91 Å². The molecular weight excluding hydrogens is 280 g/mol. The Morgan fingerprint density at radius 1 is 1.14 bits per heavy atom. The molecule has 5 heteroatoms. The molecule has 5 nitrogen and oxygen atoms in total. The highest BCUT2D eigenvalue weighted by Gasteiger charge is 2.21. The van der Waals surface area contributed by atoms with E-state index in [0.717, 1.165) is 28.1 Å². The average molecular weight is 298 g/mol. The Labute approximate surface area is 129 Å². The maximum atomic E-state index is 11.4. The lowest BCUT2D eigenvalue weighted by atomic mass is 9.96. The van der Waals surface area contributed by atoms with Crippen molar-refractivity contribution in [1.82, 2.24) is 0 Å². The Morgan fingerprint density at radius 3 is 2.68 bits per heavy atom. The van der Waals surface area contributed by atoms with E-state index in [0.29, 0.717) is 12.2 Å². The zero-order chi connectivity index (χ0) is 15.7. The van der Waals surface area contributed by atoms with Crippen molar-refractivity contribution in [2.45, 2.75) is 12.5 Å². The fourth-order valence-electron chi connectivity index (χ4n) is 2.70. The van der Waals surface area contributed by atoms with Crippen LogP contribution in [0.5, 0.6) is 11.5 Å². The first-order chi connectivity index (χ1) is 10.6. The lowest BCUT2D eigenvalue weighted by Gasteiger charge is -2.17. The van der Waals surface area contributed by atoms with Crippen molar-refractivity contribution in [2.75, 3.05) is 19.5 Å². The molecule has 2 aromatic rings. The summed E-state index contributed by atoms with van der Waals surface area (Å²) in [6.45, 7) is 0. The van der Waals surface area contributed by atoms with E-state index in [-0.39, 0.29) is 11.9 Å². The first-order valence-corrected chi connectivity index (χ1v) is 7.02. The molecule has 0 spiro atoms. The Hall–Kier alpha value is -2.53. The minimum absolute atomic E-state index is 0.0164. The van der Waals surface area contributed by atoms with Gasteiger partial charge in [0.1, 0.15) is 11.5 Å². The van der Waals surface area contributed by atoms with E-state index in [1.165, 1.54) is 0 Å². The van der Waals surface area contributed by atoms with E-state index >= 15 is 0 Å². The molecule has 1 aliphatic rings. The maximum absolute atomic E-state index is 11.4. The topological polar surface area (TPSA) is 73.6 Å². The molecule has 2 aromatic carbocycles. The van der Waals surface area contributed by atoms with Gasteiger partial charge in [0.05, 0.1) is 26.7 Å². The first-order valence-electron chi connectivity index (χ1n) is 7.02. The van der Waals surface area contributed by atoms with Gasteiger partial charge in [0.15, 0.2) is 0 Å². The second-order valence-electron chi connectivity index (χ2n) is 5.23. The maximum Gasteiger partial charge on any atom is 0.228 e. The predicted molar refractivity (Wildman–Crippen MR) is 84.4 cm³/mol. The van der Waals surface area contributed by atoms with Gasteiger partial charge in [-0.1, -0.05) is 12.1 Å². The van der Waals surface area contributed by atoms with Gasteiger partial charge < -0.3 is 20.5 Å². The highest BCUT2D eigenvalue weighted by Crippen LogP contribution is 2.33. The van der Waals surface area contributed by atoms with E-state index in [1.54, 1.807) is 14.2 Å². The van der Waals surface area contributed by atoms with Crippen molar-refractivity contribution in [3.63, 3.8) is 0 Å². The van der Waals surface area contributed by atoms with E-state index < -0.39 is 0 Å². The van der Waals surface area contributed by atoms with E-state index in [1.807, 2.05) is 36.4 Å². The van der Waals surface area contributed by atoms with Crippen LogP contribution >= 0.6 is 0 Å². The number of amides is 1. The molecule has 0 saturated heterocycles. The number of carbonyl (C=O) groups is 1. The van der Waals surface area contributed by atoms with Gasteiger partial charge in [0, 0.05) is 17.3 Å². The number of ether oxygens (including phenoxy) is 2. The molecule has 22 heavy (non-hydrogen) atoms. The third-order valence-corrected chi connectivity index (χ3v) is 3.89. The van der Waals surface area contributed by atoms with Crippen LogP contribution in [0.4, 0.5) is 5.69 Å². The van der Waals surface area contributed by atoms with Crippen LogP contribution in [0.1, 0.15) is 22.7 Å². The number of benzene rings is 2. The number of nitrogens with two attached hydrogens (primary N) is 1. The zero-order valence-corrected chi connectivity index (χ0v) is 12.6. The molecule has 3 N–H and O–H groups in total. The Bertz CT molecular complexity index is 728. The average Bonchev–Trinajstić information content (AvgIpc) is 2.92. The predicted octanol–water partition coefficient (Wildman–Crippen LogP) is 2.25. The highest BCUT2D eigenvalue weighted by molar-refractivity contribution is 5.99. The van der Waals surface area contributed by atoms with Gasteiger partial charge in [-0.05, 0) is 29.3 Å². The SMILES string of the molecule is COc1ccc(C(N)c2ccc3c(c2)CC(=O)N3)c(OC)c1. The van der Waals surface area contributed by atoms with E-state index in [9.17, 15) is 4.79 Å². The quantitative estimate of drug-likeness (QED) is 0.908. The van der Waals surface area contributed by atoms with Gasteiger partial charge in [-0.2, -0.15) is 0 Å². The van der Waals surface area contributed by atoms with Crippen molar-refractivity contribution < 1.29 is 14.3 Å². The van der Waals surface area contributed by atoms with Crippen molar-refractivity contribution in [1.29, 1.82) is 0 Å². The standard InChI is InChI=1S/C17H18N2O3/c1-21-12-4-5-13(15(9-12)22-2)17(18)10-3-6-14-11(7-10)8-16(20)19-14/h3-7,9,17H,8,18H2,1-2H3,(H,19,20). The summed E-state index contributed by atoms with van der Waals surface area (Å²) in [4.78, 5) is 11.4. The third kappa shape index (κ3) is 2.51. The normalized spacial score (nSPS) is 14.2. The van der Waals surface area contributed by atoms with Gasteiger partial charge in [0.25, 0.3) is 0 Å². The second-order valence-corrected chi connectivity index (χ2v) is 5.23. The largest absolute Gasteiger partial charge is 0.497 e. The number of methoxy groups -OCH3 is 2. The number of carbonyl (C=O) groups excluding carboxylic acids is 1. The summed E-state index contributed by atoms with van der Waals surface area (Å²) in [5, 5.41) is 2.82. The number of fused-ring (bicyclic) bond motifs is 1. The summed E-state index contributed by atoms with van der Waals surface area (Å²) < 4.78 is 10.6. The van der Waals surface area contributed by atoms with Crippen LogP contribution in [0.15, 0.2) is 36.4 Å². The molecular formula is C17H18N2O3. The molecule has 1 atom stereocenters. The van der Waals surface area contributed by atoms with Gasteiger partial charge in [-0.25, -0.2) is 0 Å². The minimum Gasteiger partial charge on any atom is -0.497 e. The summed E-state index contributed by atoms with van der Waals surface area (Å²) >= 11 is 0. The fraction of sp³-hybridized carbons (Fsp3) is 0.235. The number of anilines is 1. The van der Waals surface area contributed by atoms with Gasteiger partial charge in [-0.3, -0.25) is 4.79 Å². The highest BCUT2D eigenvalue weighted by atomic mass is 16.5. The fourth-order valence-corrected chi connectivity index (χ4v) is 2.70. The van der Waals surface area contributed by atoms with Crippen LogP contribution in [0.25, 0.3) is 0 Å². The summed E-state index contributed by atoms with van der Waals surface area (Å²) in [5.41, 5.74) is 10.0. The monoisotopic (exact) mass is 298 g/mol. The van der Waals surface area contributed by atoms with Gasteiger partial charge >= 0.3 is 0 Å². The Balaban J connectivity index is 1.96. The van der Waals surface area contributed by atoms with Crippen LogP contribution in [0, 0.1) is 0 Å². The van der Waals surface area contributed by atoms with E-state index in [2.05, 4.69) is 5.32 Å². The molecule has 0 radical (unpaired) electrons. The molecule has 1 heterocycles. The lowest BCUT2D eigenvalue weighted by molar-refractivity contribution is -0.115. The molecule has 0 saturated carbocycles. The Kier molecular flexibility index (Phi) is 3.73. The van der Waals surface area contributed by atoms with E-state index in [4.69, 9.17) is 15.2 Å². The number of rotatable bonds is 4. The summed E-state index contributed by atoms with van der Waals surface area (Å²) in [5.74, 6) is 1.42. The molecule has 114 valence electrons. The Morgan fingerprint density at radius 2 is 1.95 bits per heavy atom. The third-order valence-electron chi connectivity index (χ3n) is 3.89. The molecule has 0 aromatic heterocycles. The second kappa shape index (κ2) is 5.69. The van der Waals surface area contributed by atoms with Gasteiger partial charge in [-0.15, -0.1) is 0 Å². The first kappa shape index (κ1) is 14.4. The summed E-state index contributed by atoms with van der Waals surface area (Å²) in [6, 6.07) is 11.0. The number of nitrogens with one attached hydrogen (secondary N) is 1. The van der Waals surface area contributed by atoms with Crippen molar-refractivity contribution >= 4 is 11.6 Å². The molecule has 1 aliphatic heterocycles. The molecule has 1 unspecified atom stereocenters. The van der Waals surface area contributed by atoms with Crippen LogP contribution < -0.4 is 20.5 Å². The zero-order valence-electron chi connectivity index (χ0n) is 12.6. The van der Waals surface area contributed by atoms with Crippen LogP contribution in [0.3, 0.4) is 0 Å². The number of hydrogen-bond acceptors (Lipinski definition) is 4. The summed E-state index contributed by atoms with van der Waals surface area (Å²) in [6.07, 6.45) is 0.398. The number of hydrogen-bond donors (Lipinski definition) is 2. The van der Waals surface area contributed by atoms with Crippen molar-refractivity contribution in [3.05, 3.63) is 53.1 Å². The molecule has 0 bridgehead atoms. The van der Waals surface area contributed by atoms with Crippen molar-refractivity contribution in [2.24, 2.45) is 5.73 Å². The van der Waals surface area contributed by atoms with Crippen LogP contribution in [0.2, 0.25) is 0 Å². The van der Waals surface area contributed by atoms with Crippen LogP contribution in [-0.4, -0.2) is 20.1 Å². The van der Waals surface area contributed by atoms with Crippen molar-refractivity contribution in [3.8, 4) is 11.5 Å². The molecule has 3 rings (SSSR count). The molecule has 0 fully saturated rings. The van der Waals surface area contributed by atoms with Crippen LogP contribution in [-0.2, 0) is 11.2 Å². The smallest absolute Gasteiger partial charge is 0.228 e.